The van der Waals surface area contributed by atoms with Crippen molar-refractivity contribution in [1.29, 1.82) is 0 Å². The number of hydrogen-bond acceptors (Lipinski definition) is 2. The Morgan fingerprint density at radius 2 is 1.10 bits per heavy atom. The van der Waals surface area contributed by atoms with Crippen molar-refractivity contribution in [2.45, 2.75) is 5.41 Å². The zero-order chi connectivity index (χ0) is 27.3. The topological polar surface area (TPSA) is 45.4 Å². The molecule has 1 spiro atoms. The second-order valence-corrected chi connectivity index (χ2v) is 11.1. The van der Waals surface area contributed by atoms with Crippen molar-refractivity contribution in [3.8, 4) is 27.9 Å². The molecule has 2 aliphatic carbocycles. The largest absolute Gasteiger partial charge is 0.488 e. The van der Waals surface area contributed by atoms with Crippen LogP contribution in [-0.2, 0) is 5.41 Å². The van der Waals surface area contributed by atoms with E-state index in [0.29, 0.717) is 5.46 Å². The first kappa shape index (κ1) is 22.9. The second-order valence-electron chi connectivity index (χ2n) is 11.1. The number of nitrogens with zero attached hydrogens (tertiary/aromatic N) is 1. The maximum atomic E-state index is 10.0. The van der Waals surface area contributed by atoms with Crippen LogP contribution >= 0.6 is 0 Å². The quantitative estimate of drug-likeness (QED) is 0.244. The minimum atomic E-state index is -1.53. The molecule has 3 nitrogen and oxygen atoms in total. The van der Waals surface area contributed by atoms with E-state index in [4.69, 9.17) is 0 Å². The third-order valence-electron chi connectivity index (χ3n) is 9.22. The summed E-state index contributed by atoms with van der Waals surface area (Å²) in [5.41, 5.74) is 13.6. The van der Waals surface area contributed by atoms with Crippen LogP contribution in [0.1, 0.15) is 22.3 Å². The maximum Gasteiger partial charge on any atom is 0.488 e. The fourth-order valence-electron chi connectivity index (χ4n) is 7.71. The molecule has 0 aliphatic heterocycles. The van der Waals surface area contributed by atoms with Crippen molar-refractivity contribution in [1.82, 2.24) is 4.57 Å². The van der Waals surface area contributed by atoms with Gasteiger partial charge in [0.15, 0.2) is 0 Å². The van der Waals surface area contributed by atoms with Crippen LogP contribution in [-0.4, -0.2) is 21.7 Å². The fraction of sp³-hybridized carbons (Fsp3) is 0.0270. The van der Waals surface area contributed by atoms with Gasteiger partial charge in [0.25, 0.3) is 0 Å². The van der Waals surface area contributed by atoms with Crippen LogP contribution in [0.15, 0.2) is 133 Å². The van der Waals surface area contributed by atoms with Gasteiger partial charge in [-0.05, 0) is 62.6 Å². The summed E-state index contributed by atoms with van der Waals surface area (Å²) in [5, 5.41) is 22.2. The Labute approximate surface area is 237 Å². The maximum absolute atomic E-state index is 10.0. The Bertz CT molecular complexity index is 2150. The van der Waals surface area contributed by atoms with Crippen LogP contribution in [0, 0.1) is 0 Å². The van der Waals surface area contributed by atoms with E-state index in [1.165, 1.54) is 44.5 Å². The summed E-state index contributed by atoms with van der Waals surface area (Å²) in [6, 6.07) is 47.3. The molecule has 1 heterocycles. The van der Waals surface area contributed by atoms with Crippen LogP contribution in [0.5, 0.6) is 0 Å². The van der Waals surface area contributed by atoms with Crippen molar-refractivity contribution in [2.24, 2.45) is 0 Å². The van der Waals surface area contributed by atoms with E-state index in [9.17, 15) is 10.0 Å². The first-order valence-electron chi connectivity index (χ1n) is 14.0. The molecule has 1 aromatic heterocycles. The summed E-state index contributed by atoms with van der Waals surface area (Å²) >= 11 is 0. The van der Waals surface area contributed by atoms with Crippen LogP contribution < -0.4 is 5.46 Å². The Morgan fingerprint density at radius 1 is 0.512 bits per heavy atom. The third-order valence-corrected chi connectivity index (χ3v) is 9.22. The Balaban J connectivity index is 1.51. The summed E-state index contributed by atoms with van der Waals surface area (Å²) < 4.78 is 2.35. The number of hydrogen-bond donors (Lipinski definition) is 2. The van der Waals surface area contributed by atoms with E-state index in [1.807, 2.05) is 24.3 Å². The summed E-state index contributed by atoms with van der Waals surface area (Å²) in [6.45, 7) is 0. The van der Waals surface area contributed by atoms with Crippen LogP contribution in [0.2, 0.25) is 0 Å². The van der Waals surface area contributed by atoms with Crippen molar-refractivity contribution in [3.05, 3.63) is 156 Å². The number of benzene rings is 6. The standard InChI is InChI=1S/C37H24BNO2/c40-38(41)23-18-21-34-29(22-23)27-19-20-33-35(36(27)39(34)24-10-2-1-3-11-24)28-14-6-9-17-32(28)37(33)30-15-7-4-12-25(30)26-13-5-8-16-31(26)37/h1-22,40-41H. The molecule has 6 aromatic carbocycles. The average molecular weight is 525 g/mol. The van der Waals surface area contributed by atoms with Crippen molar-refractivity contribution < 1.29 is 10.0 Å². The third kappa shape index (κ3) is 2.76. The number of para-hydroxylation sites is 1. The molecule has 192 valence electrons. The molecule has 9 rings (SSSR count). The molecular formula is C37H24BNO2. The zero-order valence-corrected chi connectivity index (χ0v) is 22.1. The van der Waals surface area contributed by atoms with E-state index < -0.39 is 12.5 Å². The van der Waals surface area contributed by atoms with Gasteiger partial charge in [-0.15, -0.1) is 0 Å². The van der Waals surface area contributed by atoms with Crippen molar-refractivity contribution >= 4 is 34.4 Å². The summed E-state index contributed by atoms with van der Waals surface area (Å²) in [6.07, 6.45) is 0. The summed E-state index contributed by atoms with van der Waals surface area (Å²) in [5.74, 6) is 0. The van der Waals surface area contributed by atoms with Gasteiger partial charge in [-0.2, -0.15) is 0 Å². The first-order chi connectivity index (χ1) is 20.2. The Kier molecular flexibility index (Phi) is 4.51. The molecule has 2 N–H and O–H groups in total. The lowest BCUT2D eigenvalue weighted by atomic mass is 9.70. The first-order valence-corrected chi connectivity index (χ1v) is 14.0. The molecule has 0 saturated heterocycles. The van der Waals surface area contributed by atoms with Gasteiger partial charge in [0.2, 0.25) is 0 Å². The van der Waals surface area contributed by atoms with Gasteiger partial charge >= 0.3 is 7.12 Å². The molecule has 41 heavy (non-hydrogen) atoms. The van der Waals surface area contributed by atoms with Crippen LogP contribution in [0.4, 0.5) is 0 Å². The number of fused-ring (bicyclic) bond motifs is 14. The van der Waals surface area contributed by atoms with Gasteiger partial charge in [0.05, 0.1) is 16.4 Å². The fourth-order valence-corrected chi connectivity index (χ4v) is 7.71. The molecule has 0 fully saturated rings. The molecule has 0 saturated carbocycles. The monoisotopic (exact) mass is 525 g/mol. The minimum absolute atomic E-state index is 0.419. The minimum Gasteiger partial charge on any atom is -0.423 e. The van der Waals surface area contributed by atoms with Gasteiger partial charge in [-0.3, -0.25) is 0 Å². The van der Waals surface area contributed by atoms with E-state index in [-0.39, 0.29) is 0 Å². The lowest BCUT2D eigenvalue weighted by Gasteiger charge is -2.30. The Hall–Kier alpha value is -4.90. The molecular weight excluding hydrogens is 501 g/mol. The van der Waals surface area contributed by atoms with Gasteiger partial charge in [0, 0.05) is 22.0 Å². The highest BCUT2D eigenvalue weighted by molar-refractivity contribution is 6.59. The highest BCUT2D eigenvalue weighted by Gasteiger charge is 2.52. The predicted octanol–water partition coefficient (Wildman–Crippen LogP) is 6.81. The molecule has 0 radical (unpaired) electrons. The van der Waals surface area contributed by atoms with E-state index in [1.54, 1.807) is 0 Å². The van der Waals surface area contributed by atoms with E-state index in [0.717, 1.165) is 27.5 Å². The smallest absolute Gasteiger partial charge is 0.423 e. The number of rotatable bonds is 2. The van der Waals surface area contributed by atoms with Crippen molar-refractivity contribution in [2.75, 3.05) is 0 Å². The summed E-state index contributed by atoms with van der Waals surface area (Å²) in [4.78, 5) is 0. The lowest BCUT2D eigenvalue weighted by Crippen LogP contribution is -2.29. The molecule has 0 unspecified atom stereocenters. The van der Waals surface area contributed by atoms with E-state index in [2.05, 4.69) is 114 Å². The lowest BCUT2D eigenvalue weighted by molar-refractivity contribution is 0.426. The van der Waals surface area contributed by atoms with Crippen LogP contribution in [0.25, 0.3) is 49.7 Å². The second kappa shape index (κ2) is 8.08. The van der Waals surface area contributed by atoms with Crippen LogP contribution in [0.3, 0.4) is 0 Å². The molecule has 0 amide bonds. The zero-order valence-electron chi connectivity index (χ0n) is 22.1. The number of aromatic nitrogens is 1. The Morgan fingerprint density at radius 3 is 1.76 bits per heavy atom. The molecule has 4 heteroatoms. The highest BCUT2D eigenvalue weighted by Crippen LogP contribution is 2.64. The molecule has 7 aromatic rings. The average Bonchev–Trinajstić information content (AvgIpc) is 3.63. The summed E-state index contributed by atoms with van der Waals surface area (Å²) in [7, 11) is -1.53. The van der Waals surface area contributed by atoms with Gasteiger partial charge in [-0.25, -0.2) is 0 Å². The normalized spacial score (nSPS) is 13.8. The van der Waals surface area contributed by atoms with E-state index >= 15 is 0 Å². The van der Waals surface area contributed by atoms with Gasteiger partial charge in [0.1, 0.15) is 0 Å². The highest BCUT2D eigenvalue weighted by atomic mass is 16.4. The van der Waals surface area contributed by atoms with Crippen molar-refractivity contribution in [3.63, 3.8) is 0 Å². The van der Waals surface area contributed by atoms with Gasteiger partial charge < -0.3 is 14.6 Å². The predicted molar refractivity (Wildman–Crippen MR) is 167 cm³/mol. The molecule has 2 aliphatic rings. The molecule has 0 bridgehead atoms. The van der Waals surface area contributed by atoms with Gasteiger partial charge in [-0.1, -0.05) is 115 Å². The molecule has 0 atom stereocenters. The SMILES string of the molecule is OB(O)c1ccc2c(c1)c1ccc3c(c1n2-c1ccccc1)-c1ccccc1C31c2ccccc2-c2ccccc21.